The summed E-state index contributed by atoms with van der Waals surface area (Å²) in [6, 6.07) is 6.86. The normalized spacial score (nSPS) is 15.0. The Hall–Kier alpha value is -2.06. The van der Waals surface area contributed by atoms with E-state index < -0.39 is 5.91 Å². The Morgan fingerprint density at radius 2 is 1.91 bits per heavy atom. The molecule has 0 aliphatic heterocycles. The lowest BCUT2D eigenvalue weighted by atomic mass is 9.96. The molecule has 1 fully saturated rings. The topological polar surface area (TPSA) is 123 Å². The summed E-state index contributed by atoms with van der Waals surface area (Å²) in [4.78, 5) is 27.2. The van der Waals surface area contributed by atoms with Crippen LogP contribution in [0, 0.1) is 0 Å². The number of aliphatic imine (C=N–C) groups is 1. The number of guanidine groups is 1. The summed E-state index contributed by atoms with van der Waals surface area (Å²) in [5.74, 6) is -0.842. The van der Waals surface area contributed by atoms with E-state index in [1.165, 1.54) is 25.3 Å². The van der Waals surface area contributed by atoms with Crippen LogP contribution >= 0.6 is 11.9 Å². The largest absolute Gasteiger partial charge is 0.370 e. The molecule has 7 nitrogen and oxygen atoms in total. The first-order valence-electron chi connectivity index (χ1n) is 7.52. The Balaban J connectivity index is 1.88. The molecule has 1 saturated carbocycles. The van der Waals surface area contributed by atoms with E-state index in [4.69, 9.17) is 11.5 Å². The van der Waals surface area contributed by atoms with Crippen LogP contribution in [0.3, 0.4) is 0 Å². The van der Waals surface area contributed by atoms with Gasteiger partial charge in [0, 0.05) is 29.2 Å². The second-order valence-corrected chi connectivity index (χ2v) is 6.20. The molecule has 0 spiro atoms. The van der Waals surface area contributed by atoms with Gasteiger partial charge in [-0.15, -0.1) is 0 Å². The fourth-order valence-corrected chi connectivity index (χ4v) is 3.09. The van der Waals surface area contributed by atoms with Crippen LogP contribution in [0.25, 0.3) is 0 Å². The molecule has 0 aromatic heterocycles. The second kappa shape index (κ2) is 8.54. The molecule has 1 aromatic rings. The minimum absolute atomic E-state index is 0.220. The first-order chi connectivity index (χ1) is 11.0. The SMILES string of the molecule is NC(N)=NC(=O)c1cccc(NC(=O)SNC2CCCCC2)c1. The first kappa shape index (κ1) is 17.3. The van der Waals surface area contributed by atoms with Gasteiger partial charge in [-0.3, -0.25) is 14.3 Å². The van der Waals surface area contributed by atoms with Crippen molar-refractivity contribution in [3.63, 3.8) is 0 Å². The number of hydrogen-bond donors (Lipinski definition) is 4. The van der Waals surface area contributed by atoms with Crippen molar-refractivity contribution in [1.29, 1.82) is 0 Å². The standard InChI is InChI=1S/C15H21N5O2S/c16-14(17)19-13(21)10-5-4-8-12(9-10)18-15(22)23-20-11-6-2-1-3-7-11/h4-5,8-9,11,20H,1-3,6-7H2,(H,18,22)(H4,16,17,19,21). The summed E-state index contributed by atoms with van der Waals surface area (Å²) in [5.41, 5.74) is 11.2. The molecule has 0 unspecified atom stereocenters. The molecular weight excluding hydrogens is 314 g/mol. The van der Waals surface area contributed by atoms with Gasteiger partial charge >= 0.3 is 0 Å². The van der Waals surface area contributed by atoms with Crippen LogP contribution in [-0.4, -0.2) is 23.1 Å². The third kappa shape index (κ3) is 5.91. The minimum atomic E-state index is -0.547. The number of hydrogen-bond acceptors (Lipinski definition) is 4. The number of rotatable bonds is 4. The molecule has 8 heteroatoms. The Morgan fingerprint density at radius 1 is 1.17 bits per heavy atom. The van der Waals surface area contributed by atoms with Gasteiger partial charge in [0.05, 0.1) is 0 Å². The number of benzene rings is 1. The van der Waals surface area contributed by atoms with E-state index in [2.05, 4.69) is 15.0 Å². The van der Waals surface area contributed by atoms with Gasteiger partial charge in [-0.2, -0.15) is 4.99 Å². The first-order valence-corrected chi connectivity index (χ1v) is 8.33. The lowest BCUT2D eigenvalue weighted by Gasteiger charge is -2.21. The fourth-order valence-electron chi connectivity index (χ4n) is 2.41. The molecule has 0 atom stereocenters. The van der Waals surface area contributed by atoms with Crippen LogP contribution in [0.15, 0.2) is 29.3 Å². The van der Waals surface area contributed by atoms with Crippen LogP contribution in [0.1, 0.15) is 42.5 Å². The zero-order valence-electron chi connectivity index (χ0n) is 12.7. The van der Waals surface area contributed by atoms with Crippen LogP contribution in [-0.2, 0) is 0 Å². The molecule has 2 rings (SSSR count). The maximum atomic E-state index is 12.0. The molecule has 23 heavy (non-hydrogen) atoms. The Bertz CT molecular complexity index is 595. The van der Waals surface area contributed by atoms with Gasteiger partial charge in [0.25, 0.3) is 11.1 Å². The van der Waals surface area contributed by atoms with Crippen molar-refractivity contribution in [2.45, 2.75) is 38.1 Å². The van der Waals surface area contributed by atoms with Gasteiger partial charge in [-0.1, -0.05) is 25.3 Å². The maximum absolute atomic E-state index is 12.0. The Morgan fingerprint density at radius 3 is 2.61 bits per heavy atom. The maximum Gasteiger partial charge on any atom is 0.298 e. The molecular formula is C15H21N5O2S. The van der Waals surface area contributed by atoms with Crippen molar-refractivity contribution in [3.8, 4) is 0 Å². The average molecular weight is 335 g/mol. The van der Waals surface area contributed by atoms with E-state index in [0.29, 0.717) is 17.3 Å². The zero-order chi connectivity index (χ0) is 16.7. The molecule has 0 saturated heterocycles. The second-order valence-electron chi connectivity index (χ2n) is 5.39. The summed E-state index contributed by atoms with van der Waals surface area (Å²) in [5, 5.41) is 2.51. The van der Waals surface area contributed by atoms with E-state index in [0.717, 1.165) is 24.8 Å². The number of carbonyl (C=O) groups is 2. The highest BCUT2D eigenvalue weighted by atomic mass is 32.2. The van der Waals surface area contributed by atoms with Gasteiger partial charge < -0.3 is 16.8 Å². The average Bonchev–Trinajstić information content (AvgIpc) is 2.53. The molecule has 1 aromatic carbocycles. The van der Waals surface area contributed by atoms with Crippen molar-refractivity contribution in [1.82, 2.24) is 4.72 Å². The number of anilines is 1. The molecule has 0 radical (unpaired) electrons. The van der Waals surface area contributed by atoms with E-state index in [9.17, 15) is 9.59 Å². The highest BCUT2D eigenvalue weighted by Crippen LogP contribution is 2.20. The van der Waals surface area contributed by atoms with Crippen molar-refractivity contribution in [2.24, 2.45) is 16.5 Å². The van der Waals surface area contributed by atoms with E-state index in [-0.39, 0.29) is 11.2 Å². The monoisotopic (exact) mass is 335 g/mol. The van der Waals surface area contributed by atoms with Gasteiger partial charge in [-0.05, 0) is 31.0 Å². The summed E-state index contributed by atoms with van der Waals surface area (Å²) in [7, 11) is 0. The molecule has 1 aliphatic carbocycles. The lowest BCUT2D eigenvalue weighted by Crippen LogP contribution is -2.27. The predicted molar refractivity (Wildman–Crippen MR) is 93.2 cm³/mol. The highest BCUT2D eigenvalue weighted by Gasteiger charge is 2.15. The summed E-state index contributed by atoms with van der Waals surface area (Å²) >= 11 is 1.05. The summed E-state index contributed by atoms with van der Waals surface area (Å²) in [6.07, 6.45) is 5.88. The van der Waals surface area contributed by atoms with E-state index in [1.807, 2.05) is 0 Å². The highest BCUT2D eigenvalue weighted by molar-refractivity contribution is 8.12. The smallest absolute Gasteiger partial charge is 0.298 e. The number of nitrogens with two attached hydrogens (primary N) is 2. The third-order valence-electron chi connectivity index (χ3n) is 3.51. The van der Waals surface area contributed by atoms with Gasteiger partial charge in [0.1, 0.15) is 0 Å². The molecule has 2 amide bonds. The number of amides is 2. The number of carbonyl (C=O) groups excluding carboxylic acids is 2. The van der Waals surface area contributed by atoms with Gasteiger partial charge in [-0.25, -0.2) is 0 Å². The predicted octanol–water partition coefficient (Wildman–Crippen LogP) is 2.20. The van der Waals surface area contributed by atoms with Crippen molar-refractivity contribution < 1.29 is 9.59 Å². The van der Waals surface area contributed by atoms with Gasteiger partial charge in [0.2, 0.25) is 0 Å². The third-order valence-corrected chi connectivity index (χ3v) is 4.25. The lowest BCUT2D eigenvalue weighted by molar-refractivity contribution is 0.100. The minimum Gasteiger partial charge on any atom is -0.370 e. The summed E-state index contributed by atoms with van der Waals surface area (Å²) in [6.45, 7) is 0. The quantitative estimate of drug-likeness (QED) is 0.380. The van der Waals surface area contributed by atoms with Gasteiger partial charge in [0.15, 0.2) is 5.96 Å². The number of nitrogens with one attached hydrogen (secondary N) is 2. The van der Waals surface area contributed by atoms with E-state index in [1.54, 1.807) is 18.2 Å². The van der Waals surface area contributed by atoms with Crippen LogP contribution in [0.2, 0.25) is 0 Å². The van der Waals surface area contributed by atoms with E-state index >= 15 is 0 Å². The molecule has 1 aliphatic rings. The molecule has 124 valence electrons. The Kier molecular flexibility index (Phi) is 6.42. The van der Waals surface area contributed by atoms with Crippen molar-refractivity contribution in [2.75, 3.05) is 5.32 Å². The molecule has 0 bridgehead atoms. The molecule has 0 heterocycles. The van der Waals surface area contributed by atoms with Crippen molar-refractivity contribution in [3.05, 3.63) is 29.8 Å². The number of nitrogens with zero attached hydrogens (tertiary/aromatic N) is 1. The zero-order valence-corrected chi connectivity index (χ0v) is 13.6. The fraction of sp³-hybridized carbons (Fsp3) is 0.400. The Labute approximate surface area is 139 Å². The molecule has 6 N–H and O–H groups in total. The summed E-state index contributed by atoms with van der Waals surface area (Å²) < 4.78 is 3.19. The van der Waals surface area contributed by atoms with Crippen LogP contribution < -0.4 is 21.5 Å². The van der Waals surface area contributed by atoms with Crippen LogP contribution in [0.5, 0.6) is 0 Å². The van der Waals surface area contributed by atoms with Crippen molar-refractivity contribution >= 4 is 34.7 Å². The van der Waals surface area contributed by atoms with Crippen LogP contribution in [0.4, 0.5) is 10.5 Å².